The van der Waals surface area contributed by atoms with E-state index in [0.29, 0.717) is 5.69 Å². The molecule has 96 valence electrons. The lowest BCUT2D eigenvalue weighted by Gasteiger charge is -2.06. The van der Waals surface area contributed by atoms with E-state index in [9.17, 15) is 9.59 Å². The summed E-state index contributed by atoms with van der Waals surface area (Å²) in [5, 5.41) is 9.02. The van der Waals surface area contributed by atoms with Gasteiger partial charge in [-0.25, -0.2) is 14.6 Å². The molecule has 0 aliphatic heterocycles. The molecular formula is C14H11NO4. The molecule has 0 saturated heterocycles. The number of carboxylic acids is 1. The summed E-state index contributed by atoms with van der Waals surface area (Å²) in [6.45, 7) is 0. The second-order valence-electron chi connectivity index (χ2n) is 3.76. The zero-order valence-corrected chi connectivity index (χ0v) is 10.2. The molecule has 5 nitrogen and oxygen atoms in total. The number of carbonyl (C=O) groups is 2. The molecule has 0 aliphatic carbocycles. The maximum atomic E-state index is 11.6. The van der Waals surface area contributed by atoms with Crippen LogP contribution in [0.2, 0.25) is 0 Å². The monoisotopic (exact) mass is 257 g/mol. The van der Waals surface area contributed by atoms with Crippen LogP contribution in [-0.2, 0) is 4.74 Å². The number of aromatic carboxylic acids is 1. The summed E-state index contributed by atoms with van der Waals surface area (Å²) in [6.07, 6.45) is 0. The quantitative estimate of drug-likeness (QED) is 0.853. The Morgan fingerprint density at radius 2 is 1.79 bits per heavy atom. The molecule has 5 heteroatoms. The lowest BCUT2D eigenvalue weighted by atomic mass is 10.1. The van der Waals surface area contributed by atoms with Crippen molar-refractivity contribution in [3.05, 3.63) is 53.7 Å². The van der Waals surface area contributed by atoms with Gasteiger partial charge >= 0.3 is 11.9 Å². The largest absolute Gasteiger partial charge is 0.478 e. The van der Waals surface area contributed by atoms with E-state index in [1.165, 1.54) is 13.2 Å². The molecular weight excluding hydrogens is 246 g/mol. The summed E-state index contributed by atoms with van der Waals surface area (Å²) in [5.41, 5.74) is 0.943. The van der Waals surface area contributed by atoms with Crippen LogP contribution in [0.25, 0.3) is 11.3 Å². The number of benzene rings is 1. The molecule has 0 amide bonds. The SMILES string of the molecule is COC(=O)c1nc(-c2ccccc2)ccc1C(=O)O. The zero-order chi connectivity index (χ0) is 13.8. The average molecular weight is 257 g/mol. The van der Waals surface area contributed by atoms with Crippen molar-refractivity contribution >= 4 is 11.9 Å². The van der Waals surface area contributed by atoms with Crippen molar-refractivity contribution in [3.8, 4) is 11.3 Å². The molecule has 0 saturated carbocycles. The van der Waals surface area contributed by atoms with E-state index >= 15 is 0 Å². The smallest absolute Gasteiger partial charge is 0.357 e. The fourth-order valence-corrected chi connectivity index (χ4v) is 1.65. The lowest BCUT2D eigenvalue weighted by molar-refractivity contribution is 0.0576. The molecule has 19 heavy (non-hydrogen) atoms. The summed E-state index contributed by atoms with van der Waals surface area (Å²) in [5.74, 6) is -1.98. The first-order chi connectivity index (χ1) is 9.13. The Kier molecular flexibility index (Phi) is 3.56. The lowest BCUT2D eigenvalue weighted by Crippen LogP contribution is -2.12. The van der Waals surface area contributed by atoms with E-state index < -0.39 is 11.9 Å². The molecule has 0 unspecified atom stereocenters. The highest BCUT2D eigenvalue weighted by Gasteiger charge is 2.19. The number of ether oxygens (including phenoxy) is 1. The summed E-state index contributed by atoms with van der Waals surface area (Å²) < 4.78 is 4.55. The number of nitrogens with zero attached hydrogens (tertiary/aromatic N) is 1. The van der Waals surface area contributed by atoms with Gasteiger partial charge in [-0.05, 0) is 12.1 Å². The van der Waals surface area contributed by atoms with Gasteiger partial charge < -0.3 is 9.84 Å². The van der Waals surface area contributed by atoms with Gasteiger partial charge in [-0.1, -0.05) is 30.3 Å². The Balaban J connectivity index is 2.56. The van der Waals surface area contributed by atoms with Gasteiger partial charge in [0.1, 0.15) is 0 Å². The molecule has 2 aromatic rings. The maximum Gasteiger partial charge on any atom is 0.357 e. The number of hydrogen-bond acceptors (Lipinski definition) is 4. The summed E-state index contributed by atoms with van der Waals surface area (Å²) in [6, 6.07) is 12.1. The number of carboxylic acid groups (broad SMARTS) is 1. The number of pyridine rings is 1. The highest BCUT2D eigenvalue weighted by Crippen LogP contribution is 2.19. The van der Waals surface area contributed by atoms with Crippen LogP contribution in [0, 0.1) is 0 Å². The third kappa shape index (κ3) is 2.60. The van der Waals surface area contributed by atoms with Crippen LogP contribution >= 0.6 is 0 Å². The van der Waals surface area contributed by atoms with E-state index in [-0.39, 0.29) is 11.3 Å². The number of rotatable bonds is 3. The number of esters is 1. The number of hydrogen-bond donors (Lipinski definition) is 1. The molecule has 1 aromatic carbocycles. The second kappa shape index (κ2) is 5.30. The van der Waals surface area contributed by atoms with Crippen molar-refractivity contribution < 1.29 is 19.4 Å². The third-order valence-corrected chi connectivity index (χ3v) is 2.57. The highest BCUT2D eigenvalue weighted by molar-refractivity contribution is 6.01. The van der Waals surface area contributed by atoms with E-state index in [1.54, 1.807) is 6.07 Å². The van der Waals surface area contributed by atoms with Gasteiger partial charge in [0.05, 0.1) is 18.4 Å². The molecule has 0 radical (unpaired) electrons. The van der Waals surface area contributed by atoms with Crippen molar-refractivity contribution in [3.63, 3.8) is 0 Å². The number of aromatic nitrogens is 1. The number of methoxy groups -OCH3 is 1. The van der Waals surface area contributed by atoms with Crippen LogP contribution in [0.15, 0.2) is 42.5 Å². The van der Waals surface area contributed by atoms with Crippen LogP contribution in [-0.4, -0.2) is 29.1 Å². The van der Waals surface area contributed by atoms with Gasteiger partial charge in [-0.15, -0.1) is 0 Å². The fourth-order valence-electron chi connectivity index (χ4n) is 1.65. The molecule has 1 heterocycles. The van der Waals surface area contributed by atoms with E-state index in [0.717, 1.165) is 5.56 Å². The van der Waals surface area contributed by atoms with E-state index in [1.807, 2.05) is 30.3 Å². The Hall–Kier alpha value is -2.69. The van der Waals surface area contributed by atoms with Gasteiger partial charge in [-0.3, -0.25) is 0 Å². The van der Waals surface area contributed by atoms with Crippen LogP contribution in [0.5, 0.6) is 0 Å². The molecule has 0 atom stereocenters. The van der Waals surface area contributed by atoms with Crippen molar-refractivity contribution in [1.82, 2.24) is 4.98 Å². The summed E-state index contributed by atoms with van der Waals surface area (Å²) >= 11 is 0. The molecule has 1 aromatic heterocycles. The Labute approximate surface area is 109 Å². The minimum absolute atomic E-state index is 0.175. The van der Waals surface area contributed by atoms with E-state index in [4.69, 9.17) is 5.11 Å². The minimum atomic E-state index is -1.22. The Morgan fingerprint density at radius 1 is 1.11 bits per heavy atom. The van der Waals surface area contributed by atoms with Gasteiger partial charge in [0.15, 0.2) is 5.69 Å². The van der Waals surface area contributed by atoms with Gasteiger partial charge in [-0.2, -0.15) is 0 Å². The van der Waals surface area contributed by atoms with Crippen LogP contribution in [0.1, 0.15) is 20.8 Å². The maximum absolute atomic E-state index is 11.6. The highest BCUT2D eigenvalue weighted by atomic mass is 16.5. The Bertz CT molecular complexity index is 623. The molecule has 0 aliphatic rings. The fraction of sp³-hybridized carbons (Fsp3) is 0.0714. The first-order valence-corrected chi connectivity index (χ1v) is 5.51. The van der Waals surface area contributed by atoms with Crippen LogP contribution in [0.4, 0.5) is 0 Å². The van der Waals surface area contributed by atoms with Crippen molar-refractivity contribution in [1.29, 1.82) is 0 Å². The second-order valence-corrected chi connectivity index (χ2v) is 3.76. The first kappa shape index (κ1) is 12.8. The standard InChI is InChI=1S/C14H11NO4/c1-19-14(18)12-10(13(16)17)7-8-11(15-12)9-5-3-2-4-6-9/h2-8H,1H3,(H,16,17). The predicted octanol–water partition coefficient (Wildman–Crippen LogP) is 2.23. The average Bonchev–Trinajstić information content (AvgIpc) is 2.46. The van der Waals surface area contributed by atoms with Gasteiger partial charge in [0, 0.05) is 5.56 Å². The first-order valence-electron chi connectivity index (χ1n) is 5.51. The van der Waals surface area contributed by atoms with Crippen molar-refractivity contribution in [2.24, 2.45) is 0 Å². The van der Waals surface area contributed by atoms with Crippen molar-refractivity contribution in [2.45, 2.75) is 0 Å². The summed E-state index contributed by atoms with van der Waals surface area (Å²) in [4.78, 5) is 26.7. The summed E-state index contributed by atoms with van der Waals surface area (Å²) in [7, 11) is 1.19. The van der Waals surface area contributed by atoms with Gasteiger partial charge in [0.2, 0.25) is 0 Å². The minimum Gasteiger partial charge on any atom is -0.478 e. The van der Waals surface area contributed by atoms with Crippen molar-refractivity contribution in [2.75, 3.05) is 7.11 Å². The van der Waals surface area contributed by atoms with Crippen LogP contribution in [0.3, 0.4) is 0 Å². The third-order valence-electron chi connectivity index (χ3n) is 2.57. The Morgan fingerprint density at radius 3 is 2.37 bits per heavy atom. The molecule has 0 fully saturated rings. The van der Waals surface area contributed by atoms with Crippen LogP contribution < -0.4 is 0 Å². The molecule has 0 bridgehead atoms. The normalized spacial score (nSPS) is 9.95. The molecule has 1 N–H and O–H groups in total. The molecule has 0 spiro atoms. The number of carbonyl (C=O) groups excluding carboxylic acids is 1. The predicted molar refractivity (Wildman–Crippen MR) is 68.0 cm³/mol. The topological polar surface area (TPSA) is 76.5 Å². The molecule has 2 rings (SSSR count). The van der Waals surface area contributed by atoms with E-state index in [2.05, 4.69) is 9.72 Å². The zero-order valence-electron chi connectivity index (χ0n) is 10.2. The van der Waals surface area contributed by atoms with Gasteiger partial charge in [0.25, 0.3) is 0 Å².